The van der Waals surface area contributed by atoms with Crippen LogP contribution in [0.5, 0.6) is 11.5 Å². The van der Waals surface area contributed by atoms with Crippen LogP contribution in [0.15, 0.2) is 158 Å². The van der Waals surface area contributed by atoms with E-state index in [-0.39, 0.29) is 0 Å². The van der Waals surface area contributed by atoms with E-state index < -0.39 is 5.41 Å². The Labute approximate surface area is 293 Å². The molecule has 0 radical (unpaired) electrons. The average Bonchev–Trinajstić information content (AvgIpc) is 3.21. The number of hydrogen-bond acceptors (Lipinski definition) is 4. The van der Waals surface area contributed by atoms with Gasteiger partial charge in [0.2, 0.25) is 0 Å². The van der Waals surface area contributed by atoms with Crippen LogP contribution >= 0.6 is 0 Å². The molecule has 3 aliphatic rings. The molecule has 50 heavy (non-hydrogen) atoms. The van der Waals surface area contributed by atoms with E-state index in [2.05, 4.69) is 113 Å². The van der Waals surface area contributed by atoms with Gasteiger partial charge in [-0.25, -0.2) is 4.98 Å². The molecule has 4 heteroatoms. The maximum absolute atomic E-state index is 6.58. The first-order valence-electron chi connectivity index (χ1n) is 17.7. The Bertz CT molecular complexity index is 2200. The fourth-order valence-corrected chi connectivity index (χ4v) is 8.09. The maximum Gasteiger partial charge on any atom is 0.132 e. The zero-order valence-electron chi connectivity index (χ0n) is 27.9. The Morgan fingerprint density at radius 3 is 1.86 bits per heavy atom. The second-order valence-electron chi connectivity index (χ2n) is 13.3. The summed E-state index contributed by atoms with van der Waals surface area (Å²) in [7, 11) is 0. The van der Waals surface area contributed by atoms with Crippen molar-refractivity contribution in [2.75, 3.05) is 0 Å². The minimum absolute atomic E-state index is 0.427. The molecule has 0 unspecified atom stereocenters. The van der Waals surface area contributed by atoms with Gasteiger partial charge in [-0.2, -0.15) is 0 Å². The van der Waals surface area contributed by atoms with Crippen LogP contribution < -0.4 is 4.74 Å². The lowest BCUT2D eigenvalue weighted by Gasteiger charge is -2.44. The summed E-state index contributed by atoms with van der Waals surface area (Å²) >= 11 is 0. The molecule has 0 bridgehead atoms. The largest absolute Gasteiger partial charge is 0.457 e. The van der Waals surface area contributed by atoms with Crippen LogP contribution in [0, 0.1) is 0 Å². The minimum atomic E-state index is -0.427. The molecule has 3 aromatic heterocycles. The molecule has 0 saturated carbocycles. The molecule has 4 nitrogen and oxygen atoms in total. The van der Waals surface area contributed by atoms with Gasteiger partial charge in [-0.3, -0.25) is 9.97 Å². The predicted octanol–water partition coefficient (Wildman–Crippen LogP) is 11.4. The summed E-state index contributed by atoms with van der Waals surface area (Å²) in [5.41, 5.74) is 13.1. The van der Waals surface area contributed by atoms with Crippen molar-refractivity contribution in [3.63, 3.8) is 0 Å². The lowest BCUT2D eigenvalue weighted by atomic mass is 9.61. The second kappa shape index (κ2) is 12.9. The lowest BCUT2D eigenvalue weighted by molar-refractivity contribution is 0.427. The summed E-state index contributed by atoms with van der Waals surface area (Å²) in [5.74, 6) is 1.87. The average molecular weight is 648 g/mol. The highest BCUT2D eigenvalue weighted by Crippen LogP contribution is 2.57. The number of aromatic nitrogens is 3. The smallest absolute Gasteiger partial charge is 0.132 e. The van der Waals surface area contributed by atoms with Crippen LogP contribution in [0.4, 0.5) is 0 Å². The van der Waals surface area contributed by atoms with Crippen LogP contribution in [0.2, 0.25) is 0 Å². The summed E-state index contributed by atoms with van der Waals surface area (Å²) < 4.78 is 6.58. The van der Waals surface area contributed by atoms with Crippen LogP contribution in [-0.4, -0.2) is 15.0 Å². The molecular weight excluding hydrogens is 611 g/mol. The van der Waals surface area contributed by atoms with Crippen LogP contribution in [0.1, 0.15) is 66.3 Å². The fourth-order valence-electron chi connectivity index (χ4n) is 8.09. The van der Waals surface area contributed by atoms with Gasteiger partial charge in [0.15, 0.2) is 0 Å². The third-order valence-electron chi connectivity index (χ3n) is 10.4. The van der Waals surface area contributed by atoms with Crippen molar-refractivity contribution in [3.8, 4) is 34.3 Å². The van der Waals surface area contributed by atoms with Crippen LogP contribution in [0.25, 0.3) is 33.9 Å². The number of benzene rings is 3. The van der Waals surface area contributed by atoms with Crippen molar-refractivity contribution in [2.24, 2.45) is 0 Å². The first-order chi connectivity index (χ1) is 24.8. The summed E-state index contributed by atoms with van der Waals surface area (Å²) in [6.45, 7) is 0. The fraction of sp³-hybridized carbons (Fsp3) is 0.152. The molecule has 0 fully saturated rings. The first kappa shape index (κ1) is 30.2. The van der Waals surface area contributed by atoms with Gasteiger partial charge in [0.05, 0.1) is 28.2 Å². The van der Waals surface area contributed by atoms with E-state index in [9.17, 15) is 0 Å². The topological polar surface area (TPSA) is 47.9 Å². The van der Waals surface area contributed by atoms with Gasteiger partial charge >= 0.3 is 0 Å². The Morgan fingerprint density at radius 1 is 0.540 bits per heavy atom. The Morgan fingerprint density at radius 2 is 1.22 bits per heavy atom. The summed E-state index contributed by atoms with van der Waals surface area (Å²) in [4.78, 5) is 14.3. The normalized spacial score (nSPS) is 16.2. The number of fused-ring (bicyclic) bond motifs is 2. The maximum atomic E-state index is 6.58. The number of pyridine rings is 3. The van der Waals surface area contributed by atoms with E-state index in [0.717, 1.165) is 65.5 Å². The molecule has 6 aromatic rings. The van der Waals surface area contributed by atoms with E-state index in [0.29, 0.717) is 0 Å². The number of hydrogen-bond donors (Lipinski definition) is 0. The Balaban J connectivity index is 1.18. The van der Waals surface area contributed by atoms with Gasteiger partial charge in [0, 0.05) is 23.5 Å². The van der Waals surface area contributed by atoms with Gasteiger partial charge in [0.1, 0.15) is 11.5 Å². The van der Waals surface area contributed by atoms with Crippen molar-refractivity contribution in [2.45, 2.75) is 43.9 Å². The molecule has 0 N–H and O–H groups in total. The molecule has 0 amide bonds. The number of nitrogens with zero attached hydrogens (tertiary/aromatic N) is 3. The molecule has 2 aliphatic carbocycles. The minimum Gasteiger partial charge on any atom is -0.457 e. The van der Waals surface area contributed by atoms with Crippen LogP contribution in [-0.2, 0) is 5.41 Å². The molecule has 242 valence electrons. The highest BCUT2D eigenvalue weighted by atomic mass is 16.5. The van der Waals surface area contributed by atoms with Crippen molar-refractivity contribution in [1.82, 2.24) is 15.0 Å². The quantitative estimate of drug-likeness (QED) is 0.169. The molecular formula is C46H37N3O. The molecule has 4 heterocycles. The summed E-state index contributed by atoms with van der Waals surface area (Å²) in [6.07, 6.45) is 17.4. The van der Waals surface area contributed by atoms with Crippen molar-refractivity contribution in [3.05, 3.63) is 185 Å². The SMILES string of the molecule is C1=C(c2cccc(C3(C4=CCCCC4)c4ccccc4Oc4ccccc43)c2)C=C(c2cc(-c3ccccn3)nc(-c3ccccn3)c2)CC1. The predicted molar refractivity (Wildman–Crippen MR) is 202 cm³/mol. The van der Waals surface area contributed by atoms with E-state index >= 15 is 0 Å². The van der Waals surface area contributed by atoms with Gasteiger partial charge in [-0.05, 0) is 121 Å². The molecule has 0 atom stereocenters. The highest BCUT2D eigenvalue weighted by molar-refractivity contribution is 5.87. The zero-order chi connectivity index (χ0) is 33.3. The van der Waals surface area contributed by atoms with Gasteiger partial charge in [-0.15, -0.1) is 0 Å². The van der Waals surface area contributed by atoms with Crippen molar-refractivity contribution < 1.29 is 4.74 Å². The van der Waals surface area contributed by atoms with E-state index in [4.69, 9.17) is 9.72 Å². The number of rotatable bonds is 6. The number of para-hydroxylation sites is 2. The van der Waals surface area contributed by atoms with E-state index in [1.165, 1.54) is 51.8 Å². The Hall–Kier alpha value is -5.87. The summed E-state index contributed by atoms with van der Waals surface area (Å²) in [5, 5.41) is 0. The molecule has 3 aromatic carbocycles. The second-order valence-corrected chi connectivity index (χ2v) is 13.3. The van der Waals surface area contributed by atoms with Crippen molar-refractivity contribution in [1.29, 1.82) is 0 Å². The third-order valence-corrected chi connectivity index (χ3v) is 10.4. The molecule has 9 rings (SSSR count). The first-order valence-corrected chi connectivity index (χ1v) is 17.7. The standard InChI is InChI=1S/C46H37N3O/c1-2-17-36(18-3-1)46(38-20-4-6-24-44(38)50-45-25-7-5-21-39(45)46)37-19-13-16-34(29-37)32-14-12-15-33(28-32)35-30-42(40-22-8-10-26-47-40)49-43(31-35)41-23-9-11-27-48-41/h4-11,13-14,16-17,19-31H,1-3,12,15,18H2. The molecule has 0 saturated heterocycles. The number of ether oxygens (including phenoxy) is 1. The zero-order valence-corrected chi connectivity index (χ0v) is 27.9. The van der Waals surface area contributed by atoms with E-state index in [1.54, 1.807) is 0 Å². The van der Waals surface area contributed by atoms with Gasteiger partial charge in [-0.1, -0.05) is 90.5 Å². The Kier molecular flexibility index (Phi) is 7.77. The third kappa shape index (κ3) is 5.28. The van der Waals surface area contributed by atoms with Crippen molar-refractivity contribution >= 4 is 11.1 Å². The van der Waals surface area contributed by atoms with Crippen LogP contribution in [0.3, 0.4) is 0 Å². The lowest BCUT2D eigenvalue weighted by Crippen LogP contribution is -2.35. The molecule has 1 aliphatic heterocycles. The molecule has 0 spiro atoms. The summed E-state index contributed by atoms with van der Waals surface area (Å²) in [6, 6.07) is 42.8. The monoisotopic (exact) mass is 647 g/mol. The highest BCUT2D eigenvalue weighted by Gasteiger charge is 2.46. The van der Waals surface area contributed by atoms with E-state index in [1.807, 2.05) is 48.8 Å². The van der Waals surface area contributed by atoms with Gasteiger partial charge < -0.3 is 4.74 Å². The van der Waals surface area contributed by atoms with Gasteiger partial charge in [0.25, 0.3) is 0 Å². The number of allylic oxidation sites excluding steroid dienone is 6.